The first-order valence-electron chi connectivity index (χ1n) is 21.2. The summed E-state index contributed by atoms with van der Waals surface area (Å²) in [6.45, 7) is 4.33. The van der Waals surface area contributed by atoms with Gasteiger partial charge in [0.2, 0.25) is 0 Å². The Morgan fingerprint density at radius 3 is 1.10 bits per heavy atom. The van der Waals surface area contributed by atoms with E-state index < -0.39 is 5.41 Å². The summed E-state index contributed by atoms with van der Waals surface area (Å²) in [7, 11) is 0. The Labute approximate surface area is 357 Å². The average Bonchev–Trinajstić information content (AvgIpc) is 3.74. The van der Waals surface area contributed by atoms with Crippen LogP contribution in [0.25, 0.3) is 43.8 Å². The predicted octanol–water partition coefficient (Wildman–Crippen LogP) is 15.9. The number of benzene rings is 10. The van der Waals surface area contributed by atoms with Crippen molar-refractivity contribution in [1.82, 2.24) is 0 Å². The molecule has 0 radical (unpaired) electrons. The van der Waals surface area contributed by atoms with Gasteiger partial charge >= 0.3 is 0 Å². The largest absolute Gasteiger partial charge is 0.310 e. The molecule has 0 bridgehead atoms. The molecule has 0 aromatic heterocycles. The molecule has 0 atom stereocenters. The lowest BCUT2D eigenvalue weighted by atomic mass is 9.70. The van der Waals surface area contributed by atoms with Crippen molar-refractivity contribution in [3.8, 4) is 22.3 Å². The smallest absolute Gasteiger partial charge is 0.0725 e. The highest BCUT2D eigenvalue weighted by Gasteiger charge is 2.51. The van der Waals surface area contributed by atoms with Crippen LogP contribution in [0.3, 0.4) is 0 Å². The number of hydrogen-bond donors (Lipinski definition) is 0. The first kappa shape index (κ1) is 35.3. The molecular weight excluding hydrogens is 737 g/mol. The molecule has 288 valence electrons. The van der Waals surface area contributed by atoms with E-state index in [1.165, 1.54) is 77.2 Å². The minimum atomic E-state index is -0.489. The Morgan fingerprint density at radius 2 is 0.656 bits per heavy atom. The number of aryl methyl sites for hydroxylation is 2. The SMILES string of the molecule is Cc1cccc(N(c2ccccc2)c2ccc3cc4c(cc3c2)C2(c3ccccc3-c3ccccc32)c2cc3cc(N(c5ccccc5)c5cccc(C)c5)ccc3cc2-4)c1. The van der Waals surface area contributed by atoms with Crippen molar-refractivity contribution in [3.05, 3.63) is 252 Å². The molecule has 0 amide bonds. The first-order chi connectivity index (χ1) is 30.0. The highest BCUT2D eigenvalue weighted by atomic mass is 15.1. The summed E-state index contributed by atoms with van der Waals surface area (Å²) in [6, 6.07) is 81.2. The van der Waals surface area contributed by atoms with E-state index in [0.29, 0.717) is 0 Å². The van der Waals surface area contributed by atoms with Gasteiger partial charge in [0.05, 0.1) is 5.41 Å². The standard InChI is InChI=1S/C59H42N2/c1-39-15-13-21-47(31-39)60(45-17-5-3-6-18-45)49-29-27-41-35-53-54-36-42-28-30-50(61(46-19-7-4-8-20-46)48-22-14-16-40(2)32-48)34-44(42)38-58(54)59(57(53)37-43(41)33-49)55-25-11-9-23-51(55)52-24-10-12-26-56(52)59/h3-38H,1-2H3. The van der Waals surface area contributed by atoms with E-state index in [4.69, 9.17) is 0 Å². The summed E-state index contributed by atoms with van der Waals surface area (Å²) in [6.07, 6.45) is 0. The fourth-order valence-electron chi connectivity index (χ4n) is 10.5. The predicted molar refractivity (Wildman–Crippen MR) is 257 cm³/mol. The molecule has 0 saturated carbocycles. The first-order valence-corrected chi connectivity index (χ1v) is 21.2. The third-order valence-electron chi connectivity index (χ3n) is 13.0. The summed E-state index contributed by atoms with van der Waals surface area (Å²) in [5.74, 6) is 0. The maximum absolute atomic E-state index is 2.51. The van der Waals surface area contributed by atoms with E-state index in [1.54, 1.807) is 0 Å². The minimum Gasteiger partial charge on any atom is -0.310 e. The molecule has 2 aliphatic rings. The van der Waals surface area contributed by atoms with Crippen LogP contribution in [0.15, 0.2) is 218 Å². The highest BCUT2D eigenvalue weighted by molar-refractivity contribution is 6.04. The van der Waals surface area contributed by atoms with Gasteiger partial charge in [-0.2, -0.15) is 0 Å². The zero-order valence-electron chi connectivity index (χ0n) is 34.2. The Balaban J connectivity index is 1.10. The molecule has 0 fully saturated rings. The number of hydrogen-bond acceptors (Lipinski definition) is 2. The quantitative estimate of drug-likeness (QED) is 0.166. The number of para-hydroxylation sites is 2. The van der Waals surface area contributed by atoms with Crippen LogP contribution in [0.4, 0.5) is 34.1 Å². The van der Waals surface area contributed by atoms with Crippen LogP contribution < -0.4 is 9.80 Å². The van der Waals surface area contributed by atoms with Gasteiger partial charge in [-0.15, -0.1) is 0 Å². The fourth-order valence-corrected chi connectivity index (χ4v) is 10.5. The molecule has 2 nitrogen and oxygen atoms in total. The van der Waals surface area contributed by atoms with Crippen LogP contribution in [0.1, 0.15) is 33.4 Å². The Morgan fingerprint density at radius 1 is 0.262 bits per heavy atom. The molecular formula is C59H42N2. The van der Waals surface area contributed by atoms with Gasteiger partial charge < -0.3 is 9.80 Å². The summed E-state index contributed by atoms with van der Waals surface area (Å²) >= 11 is 0. The second-order valence-corrected chi connectivity index (χ2v) is 16.7. The van der Waals surface area contributed by atoms with Gasteiger partial charge in [0.25, 0.3) is 0 Å². The van der Waals surface area contributed by atoms with Crippen molar-refractivity contribution in [2.45, 2.75) is 19.3 Å². The van der Waals surface area contributed by atoms with E-state index in [-0.39, 0.29) is 0 Å². The van der Waals surface area contributed by atoms with Gasteiger partial charge in [-0.3, -0.25) is 0 Å². The van der Waals surface area contributed by atoms with Crippen LogP contribution in [0.5, 0.6) is 0 Å². The van der Waals surface area contributed by atoms with Crippen molar-refractivity contribution < 1.29 is 0 Å². The topological polar surface area (TPSA) is 6.48 Å². The monoisotopic (exact) mass is 778 g/mol. The van der Waals surface area contributed by atoms with E-state index in [2.05, 4.69) is 242 Å². The normalized spacial score (nSPS) is 12.9. The van der Waals surface area contributed by atoms with Crippen molar-refractivity contribution in [2.75, 3.05) is 9.80 Å². The van der Waals surface area contributed by atoms with E-state index >= 15 is 0 Å². The van der Waals surface area contributed by atoms with Crippen molar-refractivity contribution in [3.63, 3.8) is 0 Å². The summed E-state index contributed by atoms with van der Waals surface area (Å²) in [4.78, 5) is 4.76. The van der Waals surface area contributed by atoms with Gasteiger partial charge in [0.15, 0.2) is 0 Å². The van der Waals surface area contributed by atoms with E-state index in [9.17, 15) is 0 Å². The van der Waals surface area contributed by atoms with Crippen molar-refractivity contribution >= 4 is 55.7 Å². The second kappa shape index (κ2) is 13.7. The third kappa shape index (κ3) is 5.42. The second-order valence-electron chi connectivity index (χ2n) is 16.7. The Hall–Kier alpha value is -7.68. The zero-order valence-corrected chi connectivity index (χ0v) is 34.2. The molecule has 2 aliphatic carbocycles. The van der Waals surface area contributed by atoms with E-state index in [0.717, 1.165) is 34.1 Å². The van der Waals surface area contributed by atoms with Crippen molar-refractivity contribution in [1.29, 1.82) is 0 Å². The van der Waals surface area contributed by atoms with Crippen LogP contribution >= 0.6 is 0 Å². The summed E-state index contributed by atoms with van der Waals surface area (Å²) < 4.78 is 0. The lowest BCUT2D eigenvalue weighted by Crippen LogP contribution is -2.25. The van der Waals surface area contributed by atoms with Gasteiger partial charge in [-0.1, -0.05) is 121 Å². The fraction of sp³-hybridized carbons (Fsp3) is 0.0508. The number of fused-ring (bicyclic) bond motifs is 12. The minimum absolute atomic E-state index is 0.489. The number of anilines is 6. The Kier molecular flexibility index (Phi) is 7.92. The van der Waals surface area contributed by atoms with Gasteiger partial charge in [0.1, 0.15) is 0 Å². The highest BCUT2D eigenvalue weighted by Crippen LogP contribution is 2.64. The lowest BCUT2D eigenvalue weighted by Gasteiger charge is -2.31. The molecule has 10 aromatic rings. The molecule has 2 heteroatoms. The Bertz CT molecular complexity index is 3120. The molecule has 1 spiro atoms. The van der Waals surface area contributed by atoms with Crippen LogP contribution in [-0.2, 0) is 5.41 Å². The van der Waals surface area contributed by atoms with E-state index in [1.807, 2.05) is 0 Å². The summed E-state index contributed by atoms with van der Waals surface area (Å²) in [5.41, 5.74) is 19.4. The molecule has 61 heavy (non-hydrogen) atoms. The van der Waals surface area contributed by atoms with Gasteiger partial charge in [0, 0.05) is 34.1 Å². The number of nitrogens with zero attached hydrogens (tertiary/aromatic N) is 2. The molecule has 0 aliphatic heterocycles. The molecule has 0 heterocycles. The van der Waals surface area contributed by atoms with Crippen molar-refractivity contribution in [2.24, 2.45) is 0 Å². The van der Waals surface area contributed by atoms with Gasteiger partial charge in [-0.25, -0.2) is 0 Å². The van der Waals surface area contributed by atoms with Crippen LogP contribution in [-0.4, -0.2) is 0 Å². The maximum atomic E-state index is 2.51. The van der Waals surface area contributed by atoms with Crippen LogP contribution in [0.2, 0.25) is 0 Å². The molecule has 0 saturated heterocycles. The van der Waals surface area contributed by atoms with Gasteiger partial charge in [-0.05, 0) is 188 Å². The summed E-state index contributed by atoms with van der Waals surface area (Å²) in [5, 5.41) is 4.91. The molecule has 12 rings (SSSR count). The third-order valence-corrected chi connectivity index (χ3v) is 13.0. The molecule has 0 N–H and O–H groups in total. The van der Waals surface area contributed by atoms with Crippen LogP contribution in [0, 0.1) is 13.8 Å². The molecule has 10 aromatic carbocycles. The zero-order chi connectivity index (χ0) is 40.7. The average molecular weight is 779 g/mol. The number of rotatable bonds is 6. The molecule has 0 unspecified atom stereocenters. The maximum Gasteiger partial charge on any atom is 0.0725 e. The lowest BCUT2D eigenvalue weighted by molar-refractivity contribution is 0.796.